The van der Waals surface area contributed by atoms with Crippen molar-refractivity contribution in [1.29, 1.82) is 0 Å². The van der Waals surface area contributed by atoms with E-state index in [-0.39, 0.29) is 30.5 Å². The third-order valence-electron chi connectivity index (χ3n) is 7.13. The predicted octanol–water partition coefficient (Wildman–Crippen LogP) is 5.42. The second kappa shape index (κ2) is 10.2. The third kappa shape index (κ3) is 5.04. The normalized spacial score (nSPS) is 33.1. The molecule has 164 valence electrons. The number of hydrogen-bond donors (Lipinski definition) is 0. The lowest BCUT2D eigenvalue weighted by Crippen LogP contribution is -2.31. The van der Waals surface area contributed by atoms with E-state index in [1.54, 1.807) is 0 Å². The van der Waals surface area contributed by atoms with Crippen LogP contribution in [0.4, 0.5) is 0 Å². The number of benzene rings is 1. The van der Waals surface area contributed by atoms with Crippen molar-refractivity contribution < 1.29 is 19.0 Å². The lowest BCUT2D eigenvalue weighted by atomic mass is 9.76. The summed E-state index contributed by atoms with van der Waals surface area (Å²) in [4.78, 5) is 12.2. The van der Waals surface area contributed by atoms with Gasteiger partial charge in [-0.25, -0.2) is 0 Å². The van der Waals surface area contributed by atoms with Crippen molar-refractivity contribution >= 4 is 5.78 Å². The first-order valence-corrected chi connectivity index (χ1v) is 11.8. The van der Waals surface area contributed by atoms with Gasteiger partial charge in [0.15, 0.2) is 6.29 Å². The van der Waals surface area contributed by atoms with Gasteiger partial charge >= 0.3 is 0 Å². The van der Waals surface area contributed by atoms with E-state index in [4.69, 9.17) is 14.2 Å². The standard InChI is InChI=1S/C26H36O4/c1-3-20(27)17-22-21(24-14-15-25(22)29-24)12-13-23(30-26-11-7-8-16-28-26)18(2)19-9-5-4-6-10-19/h4-6,9-10,12-13,18,21-26H,3,7-8,11,14-17H2,1-2H3/t18?,21-,22+,23?,24-,25+,26?/m1/s1. The zero-order chi connectivity index (χ0) is 20.9. The summed E-state index contributed by atoms with van der Waals surface area (Å²) in [7, 11) is 0. The van der Waals surface area contributed by atoms with Crippen LogP contribution in [0.1, 0.15) is 70.3 Å². The molecule has 0 aromatic heterocycles. The molecule has 3 heterocycles. The van der Waals surface area contributed by atoms with Gasteiger partial charge in [-0.15, -0.1) is 0 Å². The van der Waals surface area contributed by atoms with Gasteiger partial charge in [-0.2, -0.15) is 0 Å². The lowest BCUT2D eigenvalue weighted by Gasteiger charge is -2.31. The molecule has 0 N–H and O–H groups in total. The fourth-order valence-corrected chi connectivity index (χ4v) is 5.26. The molecule has 30 heavy (non-hydrogen) atoms. The minimum absolute atomic E-state index is 0.0582. The van der Waals surface area contributed by atoms with E-state index in [2.05, 4.69) is 43.3 Å². The highest BCUT2D eigenvalue weighted by molar-refractivity contribution is 5.78. The molecule has 3 aliphatic rings. The van der Waals surface area contributed by atoms with Crippen molar-refractivity contribution in [1.82, 2.24) is 0 Å². The minimum Gasteiger partial charge on any atom is -0.374 e. The van der Waals surface area contributed by atoms with Gasteiger partial charge in [0.05, 0.1) is 18.3 Å². The van der Waals surface area contributed by atoms with E-state index in [1.165, 1.54) is 5.56 Å². The van der Waals surface area contributed by atoms with Crippen molar-refractivity contribution in [3.63, 3.8) is 0 Å². The fraction of sp³-hybridized carbons (Fsp3) is 0.654. The van der Waals surface area contributed by atoms with Crippen LogP contribution < -0.4 is 0 Å². The molecule has 0 amide bonds. The highest BCUT2D eigenvalue weighted by atomic mass is 16.7. The first-order valence-electron chi connectivity index (χ1n) is 11.8. The smallest absolute Gasteiger partial charge is 0.158 e. The molecule has 3 unspecified atom stereocenters. The van der Waals surface area contributed by atoms with Crippen molar-refractivity contribution in [3.8, 4) is 0 Å². The van der Waals surface area contributed by atoms with Gasteiger partial charge in [0, 0.05) is 37.2 Å². The van der Waals surface area contributed by atoms with Crippen LogP contribution >= 0.6 is 0 Å². The topological polar surface area (TPSA) is 44.8 Å². The van der Waals surface area contributed by atoms with E-state index in [9.17, 15) is 4.79 Å². The van der Waals surface area contributed by atoms with Gasteiger partial charge in [0.1, 0.15) is 5.78 Å². The Morgan fingerprint density at radius 2 is 1.97 bits per heavy atom. The second-order valence-electron chi connectivity index (χ2n) is 9.11. The molecular weight excluding hydrogens is 376 g/mol. The average molecular weight is 413 g/mol. The Balaban J connectivity index is 1.50. The summed E-state index contributed by atoms with van der Waals surface area (Å²) >= 11 is 0. The van der Waals surface area contributed by atoms with Crippen molar-refractivity contribution in [2.75, 3.05) is 6.61 Å². The number of ether oxygens (including phenoxy) is 3. The van der Waals surface area contributed by atoms with Crippen LogP contribution in [-0.4, -0.2) is 37.0 Å². The molecule has 4 rings (SSSR count). The molecule has 0 spiro atoms. The average Bonchev–Trinajstić information content (AvgIpc) is 3.39. The Morgan fingerprint density at radius 1 is 1.17 bits per heavy atom. The SMILES string of the molecule is CCC(=O)C[C@H]1[C@@H](C=CC(OC2CCCCO2)C(C)c2ccccc2)[C@H]2CC[C@@H]1O2. The molecule has 4 heteroatoms. The molecule has 4 nitrogen and oxygen atoms in total. The van der Waals surface area contributed by atoms with Crippen LogP contribution in [0.15, 0.2) is 42.5 Å². The Labute approximate surface area is 181 Å². The predicted molar refractivity (Wildman–Crippen MR) is 117 cm³/mol. The summed E-state index contributed by atoms with van der Waals surface area (Å²) in [5.41, 5.74) is 1.27. The van der Waals surface area contributed by atoms with Gasteiger partial charge < -0.3 is 14.2 Å². The number of Topliss-reactive ketones (excluding diaryl/α,β-unsaturated/α-hetero) is 1. The van der Waals surface area contributed by atoms with Crippen LogP contribution in [0.3, 0.4) is 0 Å². The molecule has 1 aromatic carbocycles. The zero-order valence-corrected chi connectivity index (χ0v) is 18.4. The Hall–Kier alpha value is -1.49. The van der Waals surface area contributed by atoms with Crippen LogP contribution in [0.25, 0.3) is 0 Å². The maximum atomic E-state index is 12.2. The van der Waals surface area contributed by atoms with E-state index in [1.807, 2.05) is 13.0 Å². The molecule has 3 fully saturated rings. The fourth-order valence-electron chi connectivity index (χ4n) is 5.26. The van der Waals surface area contributed by atoms with E-state index >= 15 is 0 Å². The van der Waals surface area contributed by atoms with Gasteiger partial charge in [-0.3, -0.25) is 4.79 Å². The van der Waals surface area contributed by atoms with Crippen LogP contribution in [0.2, 0.25) is 0 Å². The summed E-state index contributed by atoms with van der Waals surface area (Å²) in [6.07, 6.45) is 11.5. The maximum absolute atomic E-state index is 12.2. The van der Waals surface area contributed by atoms with Gasteiger partial charge in [0.2, 0.25) is 0 Å². The minimum atomic E-state index is -0.131. The zero-order valence-electron chi connectivity index (χ0n) is 18.4. The first-order chi connectivity index (χ1) is 14.7. The molecule has 0 saturated carbocycles. The number of carbonyl (C=O) groups is 1. The highest BCUT2D eigenvalue weighted by Gasteiger charge is 2.48. The largest absolute Gasteiger partial charge is 0.374 e. The summed E-state index contributed by atoms with van der Waals surface area (Å²) in [6, 6.07) is 10.5. The number of hydrogen-bond acceptors (Lipinski definition) is 4. The molecule has 1 aromatic rings. The van der Waals surface area contributed by atoms with E-state index < -0.39 is 0 Å². The number of rotatable bonds is 9. The van der Waals surface area contributed by atoms with Crippen LogP contribution in [0.5, 0.6) is 0 Å². The Morgan fingerprint density at radius 3 is 2.70 bits per heavy atom. The number of carbonyl (C=O) groups excluding carboxylic acids is 1. The monoisotopic (exact) mass is 412 g/mol. The highest BCUT2D eigenvalue weighted by Crippen LogP contribution is 2.46. The molecular formula is C26H36O4. The summed E-state index contributed by atoms with van der Waals surface area (Å²) in [6.45, 7) is 4.96. The Bertz CT molecular complexity index is 709. The Kier molecular flexibility index (Phi) is 7.40. The summed E-state index contributed by atoms with van der Waals surface area (Å²) < 4.78 is 18.5. The number of fused-ring (bicyclic) bond motifs is 2. The number of ketones is 1. The van der Waals surface area contributed by atoms with Crippen LogP contribution in [-0.2, 0) is 19.0 Å². The van der Waals surface area contributed by atoms with Crippen molar-refractivity contribution in [3.05, 3.63) is 48.0 Å². The van der Waals surface area contributed by atoms with Crippen molar-refractivity contribution in [2.24, 2.45) is 11.8 Å². The third-order valence-corrected chi connectivity index (χ3v) is 7.13. The van der Waals surface area contributed by atoms with Crippen molar-refractivity contribution in [2.45, 2.75) is 89.3 Å². The van der Waals surface area contributed by atoms with E-state index in [0.29, 0.717) is 30.5 Å². The van der Waals surface area contributed by atoms with Gasteiger partial charge in [0.25, 0.3) is 0 Å². The van der Waals surface area contributed by atoms with Gasteiger partial charge in [-0.05, 0) is 37.7 Å². The summed E-state index contributed by atoms with van der Waals surface area (Å²) in [5, 5.41) is 0. The first kappa shape index (κ1) is 21.7. The molecule has 0 aliphatic carbocycles. The van der Waals surface area contributed by atoms with E-state index in [0.717, 1.165) is 38.7 Å². The second-order valence-corrected chi connectivity index (χ2v) is 9.11. The lowest BCUT2D eigenvalue weighted by molar-refractivity contribution is -0.181. The molecule has 2 bridgehead atoms. The summed E-state index contributed by atoms with van der Waals surface area (Å²) in [5.74, 6) is 1.19. The molecule has 3 aliphatic heterocycles. The molecule has 7 atom stereocenters. The molecule has 0 radical (unpaired) electrons. The molecule has 3 saturated heterocycles. The van der Waals surface area contributed by atoms with Gasteiger partial charge in [-0.1, -0.05) is 56.3 Å². The quantitative estimate of drug-likeness (QED) is 0.508. The maximum Gasteiger partial charge on any atom is 0.158 e. The van der Waals surface area contributed by atoms with Crippen LogP contribution in [0, 0.1) is 11.8 Å².